The van der Waals surface area contributed by atoms with E-state index in [0.29, 0.717) is 11.3 Å². The molecule has 0 saturated heterocycles. The van der Waals surface area contributed by atoms with Gasteiger partial charge in [0.05, 0.1) is 12.7 Å². The Kier molecular flexibility index (Phi) is 3.33. The topological polar surface area (TPSA) is 97.0 Å². The Hall–Kier alpha value is -2.70. The molecule has 0 aliphatic carbocycles. The molecule has 0 atom stereocenters. The second-order valence-corrected chi connectivity index (χ2v) is 3.38. The molecule has 0 unspecified atom stereocenters. The summed E-state index contributed by atoms with van der Waals surface area (Å²) >= 11 is 0. The fourth-order valence-electron chi connectivity index (χ4n) is 1.35. The highest BCUT2D eigenvalue weighted by molar-refractivity contribution is 5.90. The standard InChI is InChI=1S/C11H10N4O3/c1-18-10(17)7-3-2-4-8(5-7)13-11-14-9(16)6-12-15-11/h2-6H,1H3,(H2,13,14,15,16). The SMILES string of the molecule is COC(=O)c1cccc(Nc2nncc(=O)[nH]2)c1. The molecule has 0 spiro atoms. The fraction of sp³-hybridized carbons (Fsp3) is 0.0909. The van der Waals surface area contributed by atoms with E-state index >= 15 is 0 Å². The predicted molar refractivity (Wildman–Crippen MR) is 63.7 cm³/mol. The van der Waals surface area contributed by atoms with Gasteiger partial charge in [-0.15, -0.1) is 10.2 Å². The number of methoxy groups -OCH3 is 1. The maximum absolute atomic E-state index is 11.3. The normalized spacial score (nSPS) is 9.83. The Morgan fingerprint density at radius 2 is 2.28 bits per heavy atom. The van der Waals surface area contributed by atoms with Gasteiger partial charge in [-0.2, -0.15) is 0 Å². The number of hydrogen-bond acceptors (Lipinski definition) is 6. The van der Waals surface area contributed by atoms with Gasteiger partial charge in [0.1, 0.15) is 6.20 Å². The van der Waals surface area contributed by atoms with Crippen molar-refractivity contribution in [2.45, 2.75) is 0 Å². The number of nitrogens with one attached hydrogen (secondary N) is 2. The maximum Gasteiger partial charge on any atom is 0.337 e. The predicted octanol–water partition coefficient (Wildman–Crippen LogP) is 0.695. The molecule has 2 rings (SSSR count). The van der Waals surface area contributed by atoms with Crippen molar-refractivity contribution in [3.05, 3.63) is 46.4 Å². The maximum atomic E-state index is 11.3. The van der Waals surface area contributed by atoms with E-state index in [1.165, 1.54) is 7.11 Å². The third kappa shape index (κ3) is 2.70. The molecular formula is C11H10N4O3. The molecule has 18 heavy (non-hydrogen) atoms. The first-order valence-electron chi connectivity index (χ1n) is 5.06. The van der Waals surface area contributed by atoms with Crippen LogP contribution in [-0.2, 0) is 4.74 Å². The lowest BCUT2D eigenvalue weighted by Crippen LogP contribution is -2.10. The van der Waals surface area contributed by atoms with Gasteiger partial charge in [-0.25, -0.2) is 4.79 Å². The van der Waals surface area contributed by atoms with Crippen LogP contribution in [-0.4, -0.2) is 28.3 Å². The molecule has 1 aromatic carbocycles. The summed E-state index contributed by atoms with van der Waals surface area (Å²) in [4.78, 5) is 24.8. The molecule has 7 heteroatoms. The second-order valence-electron chi connectivity index (χ2n) is 3.38. The highest BCUT2D eigenvalue weighted by Gasteiger charge is 2.06. The molecular weight excluding hydrogens is 236 g/mol. The molecule has 0 saturated carbocycles. The molecule has 7 nitrogen and oxygen atoms in total. The van der Waals surface area contributed by atoms with E-state index in [-0.39, 0.29) is 11.5 Å². The van der Waals surface area contributed by atoms with Crippen molar-refractivity contribution in [1.29, 1.82) is 0 Å². The summed E-state index contributed by atoms with van der Waals surface area (Å²) in [6.07, 6.45) is 1.07. The third-order valence-electron chi connectivity index (χ3n) is 2.12. The van der Waals surface area contributed by atoms with Crippen LogP contribution in [0.15, 0.2) is 35.3 Å². The van der Waals surface area contributed by atoms with Crippen LogP contribution in [0.1, 0.15) is 10.4 Å². The van der Waals surface area contributed by atoms with Crippen molar-refractivity contribution in [1.82, 2.24) is 15.2 Å². The van der Waals surface area contributed by atoms with Gasteiger partial charge < -0.3 is 10.1 Å². The summed E-state index contributed by atoms with van der Waals surface area (Å²) in [6.45, 7) is 0. The quantitative estimate of drug-likeness (QED) is 0.773. The Labute approximate surface area is 102 Å². The number of nitrogens with zero attached hydrogens (tertiary/aromatic N) is 2. The number of ether oxygens (including phenoxy) is 1. The van der Waals surface area contributed by atoms with Crippen LogP contribution in [0.2, 0.25) is 0 Å². The summed E-state index contributed by atoms with van der Waals surface area (Å²) < 4.78 is 4.61. The molecule has 2 aromatic rings. The van der Waals surface area contributed by atoms with Crippen LogP contribution in [0.4, 0.5) is 11.6 Å². The lowest BCUT2D eigenvalue weighted by molar-refractivity contribution is 0.0601. The lowest BCUT2D eigenvalue weighted by atomic mass is 10.2. The zero-order valence-electron chi connectivity index (χ0n) is 9.51. The number of carbonyl (C=O) groups is 1. The Bertz CT molecular complexity index is 623. The van der Waals surface area contributed by atoms with Gasteiger partial charge in [0, 0.05) is 5.69 Å². The van der Waals surface area contributed by atoms with Gasteiger partial charge >= 0.3 is 5.97 Å². The number of anilines is 2. The smallest absolute Gasteiger partial charge is 0.337 e. The Balaban J connectivity index is 2.24. The number of aromatic amines is 1. The molecule has 0 bridgehead atoms. The summed E-state index contributed by atoms with van der Waals surface area (Å²) in [5.41, 5.74) is 0.624. The molecule has 0 amide bonds. The minimum atomic E-state index is -0.439. The first-order valence-corrected chi connectivity index (χ1v) is 5.06. The average molecular weight is 246 g/mol. The molecule has 2 N–H and O–H groups in total. The number of esters is 1. The molecule has 92 valence electrons. The number of H-pyrrole nitrogens is 1. The van der Waals surface area contributed by atoms with Gasteiger partial charge in [0.25, 0.3) is 5.56 Å². The number of aromatic nitrogens is 3. The van der Waals surface area contributed by atoms with E-state index in [0.717, 1.165) is 6.20 Å². The highest BCUT2D eigenvalue weighted by atomic mass is 16.5. The van der Waals surface area contributed by atoms with Crippen LogP contribution in [0.25, 0.3) is 0 Å². The van der Waals surface area contributed by atoms with Crippen molar-refractivity contribution in [2.75, 3.05) is 12.4 Å². The van der Waals surface area contributed by atoms with Crippen molar-refractivity contribution >= 4 is 17.6 Å². The first kappa shape index (κ1) is 11.8. The molecule has 1 heterocycles. The number of hydrogen-bond donors (Lipinski definition) is 2. The van der Waals surface area contributed by atoms with Gasteiger partial charge in [0.2, 0.25) is 5.95 Å². The van der Waals surface area contributed by atoms with Crippen molar-refractivity contribution in [2.24, 2.45) is 0 Å². The number of benzene rings is 1. The van der Waals surface area contributed by atoms with Crippen molar-refractivity contribution in [3.8, 4) is 0 Å². The van der Waals surface area contributed by atoms with Gasteiger partial charge in [-0.05, 0) is 18.2 Å². The van der Waals surface area contributed by atoms with E-state index in [9.17, 15) is 9.59 Å². The Morgan fingerprint density at radius 1 is 1.44 bits per heavy atom. The monoisotopic (exact) mass is 246 g/mol. The van der Waals surface area contributed by atoms with E-state index in [1.54, 1.807) is 24.3 Å². The van der Waals surface area contributed by atoms with E-state index in [4.69, 9.17) is 0 Å². The number of rotatable bonds is 3. The van der Waals surface area contributed by atoms with Crippen molar-refractivity contribution in [3.63, 3.8) is 0 Å². The van der Waals surface area contributed by atoms with Crippen LogP contribution in [0.5, 0.6) is 0 Å². The lowest BCUT2D eigenvalue weighted by Gasteiger charge is -2.05. The van der Waals surface area contributed by atoms with Gasteiger partial charge in [-0.3, -0.25) is 9.78 Å². The first-order chi connectivity index (χ1) is 8.69. The summed E-state index contributed by atoms with van der Waals surface area (Å²) in [5.74, 6) is -0.240. The van der Waals surface area contributed by atoms with E-state index in [2.05, 4.69) is 25.2 Å². The highest BCUT2D eigenvalue weighted by Crippen LogP contribution is 2.14. The second kappa shape index (κ2) is 5.09. The molecule has 0 aliphatic heterocycles. The Morgan fingerprint density at radius 3 is 3.00 bits per heavy atom. The fourth-order valence-corrected chi connectivity index (χ4v) is 1.35. The summed E-state index contributed by atoms with van der Waals surface area (Å²) in [5, 5.41) is 10.0. The largest absolute Gasteiger partial charge is 0.465 e. The molecule has 0 radical (unpaired) electrons. The summed E-state index contributed by atoms with van der Waals surface area (Å²) in [7, 11) is 1.31. The van der Waals surface area contributed by atoms with Crippen LogP contribution in [0, 0.1) is 0 Å². The van der Waals surface area contributed by atoms with Crippen LogP contribution >= 0.6 is 0 Å². The minimum absolute atomic E-state index is 0.199. The van der Waals surface area contributed by atoms with Gasteiger partial charge in [0.15, 0.2) is 0 Å². The zero-order valence-corrected chi connectivity index (χ0v) is 9.51. The molecule has 0 aliphatic rings. The van der Waals surface area contributed by atoms with E-state index in [1.807, 2.05) is 0 Å². The molecule has 0 fully saturated rings. The van der Waals surface area contributed by atoms with E-state index < -0.39 is 5.97 Å². The van der Waals surface area contributed by atoms with Crippen molar-refractivity contribution < 1.29 is 9.53 Å². The minimum Gasteiger partial charge on any atom is -0.465 e. The third-order valence-corrected chi connectivity index (χ3v) is 2.12. The van der Waals surface area contributed by atoms with Gasteiger partial charge in [-0.1, -0.05) is 6.07 Å². The number of carbonyl (C=O) groups excluding carboxylic acids is 1. The summed E-state index contributed by atoms with van der Waals surface area (Å²) in [6, 6.07) is 6.61. The van der Waals surface area contributed by atoms with Crippen LogP contribution < -0.4 is 10.9 Å². The zero-order chi connectivity index (χ0) is 13.0. The average Bonchev–Trinajstić information content (AvgIpc) is 2.38. The molecule has 1 aromatic heterocycles. The van der Waals surface area contributed by atoms with Crippen LogP contribution in [0.3, 0.4) is 0 Å².